The fourth-order valence-electron chi connectivity index (χ4n) is 7.46. The molecule has 0 saturated carbocycles. The summed E-state index contributed by atoms with van der Waals surface area (Å²) in [6.45, 7) is 4.58. The average Bonchev–Trinajstić information content (AvgIpc) is 3.44. The predicted octanol–water partition coefficient (Wildman–Crippen LogP) is 10.9. The number of rotatable bonds is 5. The van der Waals surface area contributed by atoms with E-state index in [1.807, 2.05) is 85.1 Å². The molecule has 0 atom stereocenters. The van der Waals surface area contributed by atoms with Gasteiger partial charge < -0.3 is 0 Å². The van der Waals surface area contributed by atoms with Gasteiger partial charge in [-0.2, -0.15) is 5.26 Å². The van der Waals surface area contributed by atoms with Crippen LogP contribution in [-0.4, -0.2) is 19.9 Å². The molecule has 0 bridgehead atoms. The molecule has 240 valence electrons. The molecule has 1 aliphatic rings. The minimum atomic E-state index is -0.276. The van der Waals surface area contributed by atoms with Gasteiger partial charge >= 0.3 is 0 Å². The number of fused-ring (bicyclic) bond motifs is 5. The first kappa shape index (κ1) is 30.3. The summed E-state index contributed by atoms with van der Waals surface area (Å²) in [4.78, 5) is 19.5. The van der Waals surface area contributed by atoms with Crippen molar-refractivity contribution in [3.8, 4) is 73.6 Å². The Morgan fingerprint density at radius 1 is 0.510 bits per heavy atom. The lowest BCUT2D eigenvalue weighted by Crippen LogP contribution is -2.15. The van der Waals surface area contributed by atoms with Gasteiger partial charge in [0, 0.05) is 40.1 Å². The molecule has 0 unspecified atom stereocenters. The van der Waals surface area contributed by atoms with Crippen LogP contribution in [0.15, 0.2) is 152 Å². The number of hydrogen-bond acceptors (Lipinski definition) is 5. The van der Waals surface area contributed by atoms with Gasteiger partial charge in [0.15, 0.2) is 17.5 Å². The van der Waals surface area contributed by atoms with Crippen LogP contribution < -0.4 is 0 Å². The molecule has 0 N–H and O–H groups in total. The molecule has 6 aromatic carbocycles. The van der Waals surface area contributed by atoms with E-state index in [2.05, 4.69) is 85.6 Å². The van der Waals surface area contributed by atoms with Crippen LogP contribution >= 0.6 is 0 Å². The van der Waals surface area contributed by atoms with E-state index >= 15 is 0 Å². The van der Waals surface area contributed by atoms with Gasteiger partial charge in [-0.1, -0.05) is 111 Å². The minimum Gasteiger partial charge on any atom is -0.264 e. The molecule has 1 aliphatic carbocycles. The second-order valence-corrected chi connectivity index (χ2v) is 13.5. The van der Waals surface area contributed by atoms with Crippen molar-refractivity contribution >= 4 is 10.8 Å². The molecule has 9 rings (SSSR count). The first-order valence-electron chi connectivity index (χ1n) is 17.0. The van der Waals surface area contributed by atoms with E-state index in [4.69, 9.17) is 15.0 Å². The normalized spacial score (nSPS) is 12.6. The van der Waals surface area contributed by atoms with E-state index in [9.17, 15) is 5.26 Å². The summed E-state index contributed by atoms with van der Waals surface area (Å²) in [6.07, 6.45) is 3.69. The van der Waals surface area contributed by atoms with Gasteiger partial charge in [0.2, 0.25) is 0 Å². The molecular weight excluding hydrogens is 623 g/mol. The van der Waals surface area contributed by atoms with Crippen molar-refractivity contribution in [3.63, 3.8) is 0 Å². The highest BCUT2D eigenvalue weighted by Crippen LogP contribution is 2.52. The number of hydrogen-bond donors (Lipinski definition) is 0. The van der Waals surface area contributed by atoms with Gasteiger partial charge in [0.05, 0.1) is 11.6 Å². The summed E-state index contributed by atoms with van der Waals surface area (Å²) in [7, 11) is 0. The Morgan fingerprint density at radius 3 is 1.75 bits per heavy atom. The Balaban J connectivity index is 1.23. The van der Waals surface area contributed by atoms with Crippen molar-refractivity contribution < 1.29 is 0 Å². The number of nitriles is 1. The van der Waals surface area contributed by atoms with Gasteiger partial charge in [0.1, 0.15) is 0 Å². The number of benzene rings is 6. The summed E-state index contributed by atoms with van der Waals surface area (Å²) >= 11 is 0. The third kappa shape index (κ3) is 5.26. The van der Waals surface area contributed by atoms with Crippen molar-refractivity contribution in [2.45, 2.75) is 19.3 Å². The summed E-state index contributed by atoms with van der Waals surface area (Å²) < 4.78 is 0. The molecule has 0 aliphatic heterocycles. The predicted molar refractivity (Wildman–Crippen MR) is 205 cm³/mol. The Labute approximate surface area is 296 Å². The molecule has 0 fully saturated rings. The van der Waals surface area contributed by atoms with Crippen LogP contribution in [0.1, 0.15) is 30.5 Å². The minimum absolute atomic E-state index is 0.276. The number of pyridine rings is 1. The third-order valence-electron chi connectivity index (χ3n) is 9.98. The summed E-state index contributed by atoms with van der Waals surface area (Å²) in [5, 5.41) is 12.0. The van der Waals surface area contributed by atoms with Crippen molar-refractivity contribution in [2.24, 2.45) is 0 Å². The highest BCUT2D eigenvalue weighted by atomic mass is 15.0. The smallest absolute Gasteiger partial charge is 0.164 e. The van der Waals surface area contributed by atoms with Crippen LogP contribution in [0.4, 0.5) is 0 Å². The molecule has 0 amide bonds. The highest BCUT2D eigenvalue weighted by Gasteiger charge is 2.37. The number of aromatic nitrogens is 4. The first-order chi connectivity index (χ1) is 25.0. The zero-order valence-electron chi connectivity index (χ0n) is 28.2. The van der Waals surface area contributed by atoms with E-state index in [1.165, 1.54) is 22.3 Å². The summed E-state index contributed by atoms with van der Waals surface area (Å²) in [6, 6.07) is 50.2. The molecule has 2 heterocycles. The highest BCUT2D eigenvalue weighted by molar-refractivity contribution is 5.98. The van der Waals surface area contributed by atoms with Crippen molar-refractivity contribution in [3.05, 3.63) is 169 Å². The monoisotopic (exact) mass is 653 g/mol. The van der Waals surface area contributed by atoms with Gasteiger partial charge in [-0.25, -0.2) is 15.0 Å². The molecule has 51 heavy (non-hydrogen) atoms. The van der Waals surface area contributed by atoms with Crippen molar-refractivity contribution in [2.75, 3.05) is 0 Å². The van der Waals surface area contributed by atoms with Crippen molar-refractivity contribution in [1.82, 2.24) is 19.9 Å². The Morgan fingerprint density at radius 2 is 1.10 bits per heavy atom. The van der Waals surface area contributed by atoms with E-state index in [-0.39, 0.29) is 5.41 Å². The van der Waals surface area contributed by atoms with Crippen LogP contribution in [-0.2, 0) is 5.41 Å². The Kier molecular flexibility index (Phi) is 7.12. The molecular formula is C46H31N5. The molecule has 0 radical (unpaired) electrons. The Hall–Kier alpha value is -6.77. The second kappa shape index (κ2) is 12.0. The largest absolute Gasteiger partial charge is 0.264 e. The Bertz CT molecular complexity index is 2600. The first-order valence-corrected chi connectivity index (χ1v) is 17.0. The molecule has 0 saturated heterocycles. The van der Waals surface area contributed by atoms with Crippen LogP contribution in [0.3, 0.4) is 0 Å². The molecule has 8 aromatic rings. The molecule has 0 spiro atoms. The van der Waals surface area contributed by atoms with Crippen LogP contribution in [0.2, 0.25) is 0 Å². The second-order valence-electron chi connectivity index (χ2n) is 13.5. The van der Waals surface area contributed by atoms with Crippen LogP contribution in [0, 0.1) is 11.3 Å². The standard InChI is InChI=1S/C46H31N5/c1-46(2)41-26-33(18-19-38(41)39-20-17-30-16-15-29(27-47)22-40(30)42(39)46)35-23-36(34-14-9-21-48-28-34)25-37(24-35)45-50-43(31-10-5-3-6-11-31)49-44(51-45)32-12-7-4-8-13-32/h3-26,28H,1-2H3. The lowest BCUT2D eigenvalue weighted by Gasteiger charge is -2.24. The van der Waals surface area contributed by atoms with E-state index < -0.39 is 0 Å². The van der Waals surface area contributed by atoms with Crippen molar-refractivity contribution in [1.29, 1.82) is 5.26 Å². The van der Waals surface area contributed by atoms with Crippen LogP contribution in [0.25, 0.3) is 78.3 Å². The molecule has 5 heteroatoms. The molecule has 2 aromatic heterocycles. The fourth-order valence-corrected chi connectivity index (χ4v) is 7.46. The van der Waals surface area contributed by atoms with E-state index in [0.29, 0.717) is 23.0 Å². The third-order valence-corrected chi connectivity index (χ3v) is 9.98. The quantitative estimate of drug-likeness (QED) is 0.185. The molecule has 5 nitrogen and oxygen atoms in total. The van der Waals surface area contributed by atoms with E-state index in [0.717, 1.165) is 49.7 Å². The zero-order chi connectivity index (χ0) is 34.5. The van der Waals surface area contributed by atoms with Crippen LogP contribution in [0.5, 0.6) is 0 Å². The van der Waals surface area contributed by atoms with Gasteiger partial charge in [0.25, 0.3) is 0 Å². The van der Waals surface area contributed by atoms with Gasteiger partial charge in [-0.15, -0.1) is 0 Å². The maximum Gasteiger partial charge on any atom is 0.164 e. The van der Waals surface area contributed by atoms with E-state index in [1.54, 1.807) is 6.20 Å². The lowest BCUT2D eigenvalue weighted by atomic mass is 9.79. The average molecular weight is 654 g/mol. The summed E-state index contributed by atoms with van der Waals surface area (Å²) in [5.74, 6) is 1.84. The maximum absolute atomic E-state index is 9.70. The maximum atomic E-state index is 9.70. The lowest BCUT2D eigenvalue weighted by molar-refractivity contribution is 0.666. The fraction of sp³-hybridized carbons (Fsp3) is 0.0652. The number of nitrogens with zero attached hydrogens (tertiary/aromatic N) is 5. The van der Waals surface area contributed by atoms with Gasteiger partial charge in [-0.3, -0.25) is 4.98 Å². The topological polar surface area (TPSA) is 75.3 Å². The summed E-state index contributed by atoms with van der Waals surface area (Å²) in [5.41, 5.74) is 12.3. The SMILES string of the molecule is CC1(C)c2cc(-c3cc(-c4cccnc4)cc(-c4nc(-c5ccccc5)nc(-c5ccccc5)n4)c3)ccc2-c2ccc3ccc(C#N)cc3c21. The zero-order valence-corrected chi connectivity index (χ0v) is 28.2. The van der Waals surface area contributed by atoms with Gasteiger partial charge in [-0.05, 0) is 92.2 Å².